The largest absolute Gasteiger partial charge is 0.485 e. The van der Waals surface area contributed by atoms with Gasteiger partial charge in [-0.3, -0.25) is 4.98 Å². The SMILES string of the molecule is CC1(C)CNCc2ccncc2O1. The maximum absolute atomic E-state index is 5.82. The molecule has 1 N–H and O–H groups in total. The minimum atomic E-state index is -0.145. The molecule has 0 amide bonds. The first kappa shape index (κ1) is 8.51. The molecule has 0 unspecified atom stereocenters. The number of nitrogens with one attached hydrogen (secondary N) is 1. The van der Waals surface area contributed by atoms with Crippen molar-refractivity contribution in [1.29, 1.82) is 0 Å². The van der Waals surface area contributed by atoms with E-state index in [1.165, 1.54) is 5.56 Å². The lowest BCUT2D eigenvalue weighted by molar-refractivity contribution is 0.114. The topological polar surface area (TPSA) is 34.2 Å². The quantitative estimate of drug-likeness (QED) is 0.651. The summed E-state index contributed by atoms with van der Waals surface area (Å²) in [7, 11) is 0. The summed E-state index contributed by atoms with van der Waals surface area (Å²) in [4.78, 5) is 4.05. The molecule has 2 rings (SSSR count). The average Bonchev–Trinajstić information content (AvgIpc) is 2.21. The molecular weight excluding hydrogens is 164 g/mol. The monoisotopic (exact) mass is 178 g/mol. The molecule has 0 bridgehead atoms. The number of fused-ring (bicyclic) bond motifs is 1. The van der Waals surface area contributed by atoms with Gasteiger partial charge in [0.15, 0.2) is 0 Å². The fourth-order valence-electron chi connectivity index (χ4n) is 1.48. The van der Waals surface area contributed by atoms with Crippen molar-refractivity contribution in [3.05, 3.63) is 24.0 Å². The lowest BCUT2D eigenvalue weighted by Crippen LogP contribution is -2.37. The summed E-state index contributed by atoms with van der Waals surface area (Å²) in [5, 5.41) is 3.34. The molecule has 3 heteroatoms. The predicted molar refractivity (Wildman–Crippen MR) is 50.7 cm³/mol. The van der Waals surface area contributed by atoms with Crippen LogP contribution in [0.25, 0.3) is 0 Å². The number of rotatable bonds is 0. The zero-order valence-electron chi connectivity index (χ0n) is 8.00. The maximum atomic E-state index is 5.82. The molecule has 1 aromatic heterocycles. The minimum Gasteiger partial charge on any atom is -0.485 e. The van der Waals surface area contributed by atoms with Crippen molar-refractivity contribution < 1.29 is 4.74 Å². The molecule has 0 fully saturated rings. The van der Waals surface area contributed by atoms with Gasteiger partial charge in [-0.05, 0) is 19.9 Å². The van der Waals surface area contributed by atoms with E-state index in [2.05, 4.69) is 24.1 Å². The van der Waals surface area contributed by atoms with Gasteiger partial charge in [-0.25, -0.2) is 0 Å². The summed E-state index contributed by atoms with van der Waals surface area (Å²) in [6.45, 7) is 5.87. The van der Waals surface area contributed by atoms with Crippen LogP contribution in [-0.4, -0.2) is 17.1 Å². The minimum absolute atomic E-state index is 0.145. The second-order valence-electron chi connectivity index (χ2n) is 3.95. The van der Waals surface area contributed by atoms with E-state index in [4.69, 9.17) is 4.74 Å². The molecule has 0 spiro atoms. The number of aromatic nitrogens is 1. The number of hydrogen-bond donors (Lipinski definition) is 1. The fraction of sp³-hybridized carbons (Fsp3) is 0.500. The smallest absolute Gasteiger partial charge is 0.142 e. The van der Waals surface area contributed by atoms with E-state index in [1.54, 1.807) is 12.4 Å². The summed E-state index contributed by atoms with van der Waals surface area (Å²) in [5.41, 5.74) is 1.04. The Morgan fingerprint density at radius 3 is 3.23 bits per heavy atom. The van der Waals surface area contributed by atoms with Crippen LogP contribution in [0, 0.1) is 0 Å². The van der Waals surface area contributed by atoms with Crippen molar-refractivity contribution in [2.45, 2.75) is 26.0 Å². The van der Waals surface area contributed by atoms with Gasteiger partial charge < -0.3 is 10.1 Å². The molecule has 1 aromatic rings. The molecule has 2 heterocycles. The van der Waals surface area contributed by atoms with Crippen LogP contribution in [0.4, 0.5) is 0 Å². The molecule has 70 valence electrons. The van der Waals surface area contributed by atoms with Gasteiger partial charge in [0.1, 0.15) is 11.4 Å². The molecular formula is C10H14N2O. The molecule has 13 heavy (non-hydrogen) atoms. The third-order valence-corrected chi connectivity index (χ3v) is 2.12. The van der Waals surface area contributed by atoms with E-state index in [1.807, 2.05) is 6.07 Å². The van der Waals surface area contributed by atoms with Crippen molar-refractivity contribution in [3.63, 3.8) is 0 Å². The van der Waals surface area contributed by atoms with Gasteiger partial charge >= 0.3 is 0 Å². The predicted octanol–water partition coefficient (Wildman–Crippen LogP) is 1.34. The lowest BCUT2D eigenvalue weighted by atomic mass is 10.1. The first-order chi connectivity index (χ1) is 6.17. The maximum Gasteiger partial charge on any atom is 0.142 e. The Kier molecular flexibility index (Phi) is 1.96. The molecule has 0 saturated heterocycles. The molecule has 0 radical (unpaired) electrons. The second kappa shape index (κ2) is 3.00. The first-order valence-electron chi connectivity index (χ1n) is 4.50. The van der Waals surface area contributed by atoms with E-state index in [9.17, 15) is 0 Å². The van der Waals surface area contributed by atoms with Crippen molar-refractivity contribution >= 4 is 0 Å². The Bertz CT molecular complexity index is 310. The van der Waals surface area contributed by atoms with Crippen LogP contribution in [-0.2, 0) is 6.54 Å². The summed E-state index contributed by atoms with van der Waals surface area (Å²) >= 11 is 0. The molecule has 0 aliphatic carbocycles. The summed E-state index contributed by atoms with van der Waals surface area (Å²) in [6.07, 6.45) is 3.58. The lowest BCUT2D eigenvalue weighted by Gasteiger charge is -2.23. The Hall–Kier alpha value is -1.09. The zero-order valence-corrected chi connectivity index (χ0v) is 8.00. The Balaban J connectivity index is 2.34. The third kappa shape index (κ3) is 1.80. The molecule has 0 atom stereocenters. The zero-order chi connectivity index (χ0) is 9.31. The van der Waals surface area contributed by atoms with E-state index in [0.29, 0.717) is 0 Å². The van der Waals surface area contributed by atoms with Gasteiger partial charge in [0.25, 0.3) is 0 Å². The first-order valence-corrected chi connectivity index (χ1v) is 4.50. The standard InChI is InChI=1S/C10H14N2O/c1-10(2)7-12-5-8-3-4-11-6-9(8)13-10/h3-4,6,12H,5,7H2,1-2H3. The number of pyridine rings is 1. The second-order valence-corrected chi connectivity index (χ2v) is 3.95. The molecule has 1 aliphatic rings. The van der Waals surface area contributed by atoms with Gasteiger partial charge in [-0.1, -0.05) is 0 Å². The highest BCUT2D eigenvalue weighted by atomic mass is 16.5. The van der Waals surface area contributed by atoms with Crippen LogP contribution in [0.3, 0.4) is 0 Å². The van der Waals surface area contributed by atoms with Gasteiger partial charge in [-0.2, -0.15) is 0 Å². The average molecular weight is 178 g/mol. The van der Waals surface area contributed by atoms with E-state index < -0.39 is 0 Å². The summed E-state index contributed by atoms with van der Waals surface area (Å²) < 4.78 is 5.82. The summed E-state index contributed by atoms with van der Waals surface area (Å²) in [5.74, 6) is 0.900. The highest BCUT2D eigenvalue weighted by molar-refractivity contribution is 5.31. The molecule has 1 aliphatic heterocycles. The van der Waals surface area contributed by atoms with Crippen molar-refractivity contribution in [2.24, 2.45) is 0 Å². The Morgan fingerprint density at radius 2 is 2.38 bits per heavy atom. The van der Waals surface area contributed by atoms with Gasteiger partial charge in [0.05, 0.1) is 6.20 Å². The third-order valence-electron chi connectivity index (χ3n) is 2.12. The van der Waals surface area contributed by atoms with Crippen LogP contribution in [0.1, 0.15) is 19.4 Å². The van der Waals surface area contributed by atoms with Gasteiger partial charge in [0.2, 0.25) is 0 Å². The number of hydrogen-bond acceptors (Lipinski definition) is 3. The summed E-state index contributed by atoms with van der Waals surface area (Å²) in [6, 6.07) is 1.99. The highest BCUT2D eigenvalue weighted by Gasteiger charge is 2.23. The van der Waals surface area contributed by atoms with Crippen LogP contribution in [0.5, 0.6) is 5.75 Å². The van der Waals surface area contributed by atoms with Crippen LogP contribution < -0.4 is 10.1 Å². The molecule has 3 nitrogen and oxygen atoms in total. The number of nitrogens with zero attached hydrogens (tertiary/aromatic N) is 1. The number of ether oxygens (including phenoxy) is 1. The highest BCUT2D eigenvalue weighted by Crippen LogP contribution is 2.24. The fourth-order valence-corrected chi connectivity index (χ4v) is 1.48. The van der Waals surface area contributed by atoms with Crippen LogP contribution >= 0.6 is 0 Å². The molecule has 0 aromatic carbocycles. The normalized spacial score (nSPS) is 19.8. The van der Waals surface area contributed by atoms with Crippen molar-refractivity contribution in [1.82, 2.24) is 10.3 Å². The Morgan fingerprint density at radius 1 is 1.54 bits per heavy atom. The van der Waals surface area contributed by atoms with Crippen LogP contribution in [0.15, 0.2) is 18.5 Å². The van der Waals surface area contributed by atoms with Crippen LogP contribution in [0.2, 0.25) is 0 Å². The van der Waals surface area contributed by atoms with E-state index >= 15 is 0 Å². The van der Waals surface area contributed by atoms with Crippen molar-refractivity contribution in [3.8, 4) is 5.75 Å². The van der Waals surface area contributed by atoms with E-state index in [0.717, 1.165) is 18.8 Å². The van der Waals surface area contributed by atoms with Gasteiger partial charge in [0, 0.05) is 24.8 Å². The Labute approximate surface area is 78.1 Å². The van der Waals surface area contributed by atoms with Crippen molar-refractivity contribution in [2.75, 3.05) is 6.54 Å². The van der Waals surface area contributed by atoms with E-state index in [-0.39, 0.29) is 5.60 Å². The molecule has 0 saturated carbocycles. The van der Waals surface area contributed by atoms with Gasteiger partial charge in [-0.15, -0.1) is 0 Å².